The number of nitrogens with one attached hydrogen (secondary N) is 3. The first-order chi connectivity index (χ1) is 41.3. The van der Waals surface area contributed by atoms with Crippen LogP contribution in [-0.4, -0.2) is 190 Å². The number of aryl methyl sites for hydroxylation is 1. The summed E-state index contributed by atoms with van der Waals surface area (Å²) in [6.45, 7) is 20.2. The number of piperazine rings is 1. The van der Waals surface area contributed by atoms with Gasteiger partial charge in [-0.3, -0.25) is 19.2 Å². The Hall–Kier alpha value is -6.79. The molecule has 22 heteroatoms. The van der Waals surface area contributed by atoms with Crippen molar-refractivity contribution >= 4 is 62.2 Å². The van der Waals surface area contributed by atoms with Gasteiger partial charge in [-0.1, -0.05) is 83.7 Å². The third kappa shape index (κ3) is 24.6. The van der Waals surface area contributed by atoms with E-state index in [1.54, 1.807) is 22.2 Å². The number of amides is 4. The molecule has 0 spiro atoms. The number of ether oxygens (including phenoxy) is 5. The second-order valence-electron chi connectivity index (χ2n) is 20.9. The van der Waals surface area contributed by atoms with Gasteiger partial charge in [-0.25, -0.2) is 9.67 Å². The number of hydrogen-bond donors (Lipinski definition) is 3. The molecule has 2 fully saturated rings. The van der Waals surface area contributed by atoms with Crippen LogP contribution in [-0.2, 0) is 59.2 Å². The van der Waals surface area contributed by atoms with Gasteiger partial charge in [-0.05, 0) is 117 Å². The summed E-state index contributed by atoms with van der Waals surface area (Å²) in [5.74, 6) is 1.79. The summed E-state index contributed by atoms with van der Waals surface area (Å²) >= 11 is 4.84. The standard InChI is InChI=1S/C52H70BrN7O7.C11H16N4O2S/c1-6-10-41(7-2)38-55-52(62)51(43-14-16-44(53)17-15-43)60(49-37-40(49)3)50(61)24-13-42-11-20-47(21-12-42)66-29-9-8-26-58(5)27-31-64-34-33-63-30-25-46-39-59(57-56-46)28-32-65-35-36-67-48-22-18-45(54-4)19-23-48;1-14-2-4-15(5-3-14)10(17)6-9-7-18-11(13-9)12-8-16/h6-7,10-12,14-23,39-40,49,51,54H,1-2,8-9,13,24-38H2,3-5H3,(H,55,62);7-8H,2-6H2,1H3,(H,12,13,16)/b41-10+;. The fourth-order valence-electron chi connectivity index (χ4n) is 9.15. The third-order valence-electron chi connectivity index (χ3n) is 14.3. The van der Waals surface area contributed by atoms with Crippen molar-refractivity contribution in [2.24, 2.45) is 5.92 Å². The van der Waals surface area contributed by atoms with Crippen LogP contribution in [0.2, 0.25) is 0 Å². The first-order valence-corrected chi connectivity index (χ1v) is 30.9. The number of carbonyl (C=O) groups is 4. The molecule has 3 atom stereocenters. The maximum atomic E-state index is 14.0. The number of benzene rings is 3. The lowest BCUT2D eigenvalue weighted by Gasteiger charge is -2.32. The lowest BCUT2D eigenvalue weighted by molar-refractivity contribution is -0.141. The summed E-state index contributed by atoms with van der Waals surface area (Å²) < 4.78 is 31.7. The van der Waals surface area contributed by atoms with Crippen LogP contribution in [0.15, 0.2) is 126 Å². The SMILES string of the molecule is C=C/C=C(\C=C)CNC(=O)C(c1ccc(Br)cc1)N(C(=O)CCc1ccc(OCCCCN(C)CCOCCOCCc2cn(CCOCCOc3ccc(NC)cc3)nn2)cc1)C1CC1C.CN1CCN(C(=O)Cc2csc(NC=O)n2)CC1. The van der Waals surface area contributed by atoms with Gasteiger partial charge in [0.2, 0.25) is 24.1 Å². The van der Waals surface area contributed by atoms with E-state index >= 15 is 0 Å². The molecular formula is C63H86BrN11O9S. The predicted octanol–water partition coefficient (Wildman–Crippen LogP) is 7.90. The second-order valence-corrected chi connectivity index (χ2v) is 22.7. The predicted molar refractivity (Wildman–Crippen MR) is 337 cm³/mol. The van der Waals surface area contributed by atoms with Gasteiger partial charge in [0.05, 0.1) is 70.6 Å². The van der Waals surface area contributed by atoms with E-state index in [-0.39, 0.29) is 23.8 Å². The van der Waals surface area contributed by atoms with Crippen molar-refractivity contribution in [2.75, 3.05) is 130 Å². The normalized spacial score (nSPS) is 15.3. The van der Waals surface area contributed by atoms with Crippen molar-refractivity contribution in [3.8, 4) is 11.5 Å². The van der Waals surface area contributed by atoms with Crippen LogP contribution >= 0.6 is 27.3 Å². The molecule has 0 bridgehead atoms. The molecule has 2 aliphatic rings. The Bertz CT molecular complexity index is 2830. The first kappa shape index (κ1) is 67.3. The molecule has 3 unspecified atom stereocenters. The topological polar surface area (TPSA) is 207 Å². The number of carbonyl (C=O) groups excluding carboxylic acids is 4. The molecule has 1 aliphatic heterocycles. The molecule has 7 rings (SSSR count). The van der Waals surface area contributed by atoms with Gasteiger partial charge in [0.15, 0.2) is 5.13 Å². The largest absolute Gasteiger partial charge is 0.494 e. The van der Waals surface area contributed by atoms with Crippen LogP contribution in [0.5, 0.6) is 11.5 Å². The summed E-state index contributed by atoms with van der Waals surface area (Å²) in [5.41, 5.74) is 5.30. The summed E-state index contributed by atoms with van der Waals surface area (Å²) in [6, 6.07) is 22.7. The molecule has 3 heterocycles. The minimum absolute atomic E-state index is 0.00583. The van der Waals surface area contributed by atoms with Crippen molar-refractivity contribution < 1.29 is 42.9 Å². The molecule has 1 saturated heterocycles. The number of unbranched alkanes of at least 4 members (excludes halogenated alkanes) is 1. The number of aromatic nitrogens is 4. The van der Waals surface area contributed by atoms with E-state index in [1.807, 2.05) is 102 Å². The Morgan fingerprint density at radius 1 is 0.835 bits per heavy atom. The zero-order valence-electron chi connectivity index (χ0n) is 49.8. The van der Waals surface area contributed by atoms with Crippen molar-refractivity contribution in [3.63, 3.8) is 0 Å². The Labute approximate surface area is 514 Å². The van der Waals surface area contributed by atoms with E-state index in [0.717, 1.165) is 103 Å². The van der Waals surface area contributed by atoms with E-state index in [0.29, 0.717) is 115 Å². The highest BCUT2D eigenvalue weighted by Crippen LogP contribution is 2.41. The van der Waals surface area contributed by atoms with Gasteiger partial charge in [0.25, 0.3) is 0 Å². The Kier molecular flexibility index (Phi) is 29.8. The van der Waals surface area contributed by atoms with Crippen molar-refractivity contribution in [1.82, 2.24) is 44.9 Å². The highest BCUT2D eigenvalue weighted by atomic mass is 79.9. The van der Waals surface area contributed by atoms with Crippen LogP contribution in [0, 0.1) is 5.92 Å². The summed E-state index contributed by atoms with van der Waals surface area (Å²) in [6.07, 6.45) is 12.4. The number of anilines is 2. The fourth-order valence-corrected chi connectivity index (χ4v) is 10.1. The van der Waals surface area contributed by atoms with Gasteiger partial charge in [0.1, 0.15) is 24.1 Å². The van der Waals surface area contributed by atoms with Gasteiger partial charge < -0.3 is 59.2 Å². The Morgan fingerprint density at radius 3 is 2.20 bits per heavy atom. The van der Waals surface area contributed by atoms with Gasteiger partial charge in [-0.2, -0.15) is 0 Å². The molecule has 460 valence electrons. The van der Waals surface area contributed by atoms with E-state index in [9.17, 15) is 19.2 Å². The number of allylic oxidation sites excluding steroid dienone is 2. The molecule has 0 radical (unpaired) electrons. The highest BCUT2D eigenvalue weighted by molar-refractivity contribution is 9.10. The molecule has 1 saturated carbocycles. The molecule has 1 aliphatic carbocycles. The highest BCUT2D eigenvalue weighted by Gasteiger charge is 2.46. The summed E-state index contributed by atoms with van der Waals surface area (Å²) in [4.78, 5) is 62.5. The zero-order chi connectivity index (χ0) is 60.6. The average Bonchev–Trinajstić information content (AvgIpc) is 2.93. The smallest absolute Gasteiger partial charge is 0.247 e. The number of likely N-dealkylation sites (N-methyl/N-ethyl adjacent to an activating group) is 2. The number of halogens is 1. The van der Waals surface area contributed by atoms with E-state index in [4.69, 9.17) is 23.7 Å². The van der Waals surface area contributed by atoms with Crippen molar-refractivity contribution in [3.05, 3.63) is 148 Å². The monoisotopic (exact) mass is 1250 g/mol. The van der Waals surface area contributed by atoms with Crippen LogP contribution in [0.25, 0.3) is 0 Å². The molecule has 3 aromatic carbocycles. The molecule has 3 N–H and O–H groups in total. The van der Waals surface area contributed by atoms with Crippen molar-refractivity contribution in [1.29, 1.82) is 0 Å². The van der Waals surface area contributed by atoms with Gasteiger partial charge in [-0.15, -0.1) is 16.4 Å². The number of thiazole rings is 1. The second kappa shape index (κ2) is 37.6. The van der Waals surface area contributed by atoms with Gasteiger partial charge in [0, 0.05) is 86.9 Å². The number of nitrogens with zero attached hydrogens (tertiary/aromatic N) is 8. The number of rotatable bonds is 38. The lowest BCUT2D eigenvalue weighted by atomic mass is 10.0. The van der Waals surface area contributed by atoms with Crippen LogP contribution in [0.3, 0.4) is 0 Å². The minimum Gasteiger partial charge on any atom is -0.494 e. The molecule has 4 amide bonds. The third-order valence-corrected chi connectivity index (χ3v) is 15.7. The Balaban J connectivity index is 0.000000544. The van der Waals surface area contributed by atoms with Crippen LogP contribution in [0.1, 0.15) is 61.2 Å². The maximum absolute atomic E-state index is 14.0. The molecular weight excluding hydrogens is 1170 g/mol. The molecule has 85 heavy (non-hydrogen) atoms. The van der Waals surface area contributed by atoms with E-state index in [2.05, 4.69) is 91.2 Å². The zero-order valence-corrected chi connectivity index (χ0v) is 52.2. The molecule has 5 aromatic rings. The summed E-state index contributed by atoms with van der Waals surface area (Å²) in [5, 5.41) is 19.4. The quantitative estimate of drug-likeness (QED) is 0.0195. The van der Waals surface area contributed by atoms with Gasteiger partial charge >= 0.3 is 0 Å². The molecule has 2 aromatic heterocycles. The van der Waals surface area contributed by atoms with E-state index < -0.39 is 6.04 Å². The summed E-state index contributed by atoms with van der Waals surface area (Å²) in [7, 11) is 6.04. The van der Waals surface area contributed by atoms with Crippen molar-refractivity contribution in [2.45, 2.75) is 70.5 Å². The number of hydrogen-bond acceptors (Lipinski definition) is 16. The molecule has 20 nitrogen and oxygen atoms in total. The minimum atomic E-state index is -0.748. The average molecular weight is 1250 g/mol. The fraction of sp³-hybridized carbons (Fsp3) is 0.476. The first-order valence-electron chi connectivity index (χ1n) is 29.2. The maximum Gasteiger partial charge on any atom is 0.247 e. The Morgan fingerprint density at radius 2 is 1.52 bits per heavy atom. The lowest BCUT2D eigenvalue weighted by Crippen LogP contribution is -2.47. The van der Waals surface area contributed by atoms with Crippen LogP contribution < -0.4 is 25.4 Å². The van der Waals surface area contributed by atoms with E-state index in [1.165, 1.54) is 11.3 Å². The van der Waals surface area contributed by atoms with Crippen LogP contribution in [0.4, 0.5) is 10.8 Å².